The molecule has 126 valence electrons. The van der Waals surface area contributed by atoms with Crippen LogP contribution < -0.4 is 16.0 Å². The molecule has 1 aromatic rings. The molecular weight excluding hydrogens is 314 g/mol. The highest BCUT2D eigenvalue weighted by atomic mass is 32.1. The Bertz CT molecular complexity index is 627. The van der Waals surface area contributed by atoms with Gasteiger partial charge in [0.05, 0.1) is 16.4 Å². The van der Waals surface area contributed by atoms with Crippen LogP contribution in [0.2, 0.25) is 0 Å². The van der Waals surface area contributed by atoms with Gasteiger partial charge in [-0.2, -0.15) is 0 Å². The van der Waals surface area contributed by atoms with Crippen LogP contribution in [0.3, 0.4) is 0 Å². The first kappa shape index (κ1) is 17.5. The quantitative estimate of drug-likeness (QED) is 0.768. The summed E-state index contributed by atoms with van der Waals surface area (Å²) < 4.78 is 0. The van der Waals surface area contributed by atoms with Crippen LogP contribution in [0, 0.1) is 12.3 Å². The zero-order chi connectivity index (χ0) is 17.2. The molecule has 1 aliphatic rings. The van der Waals surface area contributed by atoms with Crippen LogP contribution in [0.25, 0.3) is 0 Å². The van der Waals surface area contributed by atoms with Crippen LogP contribution in [0.15, 0.2) is 6.07 Å². The van der Waals surface area contributed by atoms with Crippen molar-refractivity contribution in [3.05, 3.63) is 16.5 Å². The van der Waals surface area contributed by atoms with Gasteiger partial charge in [0.25, 0.3) is 5.91 Å². The van der Waals surface area contributed by atoms with Gasteiger partial charge in [-0.25, -0.2) is 0 Å². The van der Waals surface area contributed by atoms with Crippen molar-refractivity contribution in [2.24, 2.45) is 5.41 Å². The molecule has 2 rings (SSSR count). The molecule has 1 heterocycles. The average molecular weight is 337 g/mol. The van der Waals surface area contributed by atoms with E-state index in [2.05, 4.69) is 16.0 Å². The molecule has 0 aliphatic heterocycles. The van der Waals surface area contributed by atoms with E-state index in [-0.39, 0.29) is 30.3 Å². The van der Waals surface area contributed by atoms with Gasteiger partial charge >= 0.3 is 0 Å². The third kappa shape index (κ3) is 5.06. The second-order valence-corrected chi connectivity index (χ2v) is 7.90. The minimum absolute atomic E-state index is 0.0314. The van der Waals surface area contributed by atoms with Gasteiger partial charge in [-0.05, 0) is 31.4 Å². The smallest absolute Gasteiger partial charge is 0.262 e. The number of anilines is 1. The Kier molecular flexibility index (Phi) is 5.09. The van der Waals surface area contributed by atoms with E-state index in [4.69, 9.17) is 0 Å². The lowest BCUT2D eigenvalue weighted by molar-refractivity contribution is -0.123. The van der Waals surface area contributed by atoms with Crippen molar-refractivity contribution in [1.29, 1.82) is 0 Å². The zero-order valence-electron chi connectivity index (χ0n) is 13.9. The van der Waals surface area contributed by atoms with Crippen LogP contribution >= 0.6 is 11.3 Å². The normalized spacial score (nSPS) is 14.3. The first-order valence-electron chi connectivity index (χ1n) is 7.66. The molecule has 1 aromatic heterocycles. The van der Waals surface area contributed by atoms with Crippen molar-refractivity contribution in [2.75, 3.05) is 11.9 Å². The highest BCUT2D eigenvalue weighted by Gasteiger charge is 2.24. The summed E-state index contributed by atoms with van der Waals surface area (Å²) in [5, 5.41) is 8.88. The van der Waals surface area contributed by atoms with Crippen molar-refractivity contribution in [2.45, 2.75) is 46.6 Å². The fourth-order valence-electron chi connectivity index (χ4n) is 1.82. The molecule has 0 atom stereocenters. The molecule has 1 saturated carbocycles. The summed E-state index contributed by atoms with van der Waals surface area (Å²) in [6.45, 7) is 7.26. The van der Waals surface area contributed by atoms with Crippen LogP contribution in [-0.4, -0.2) is 30.3 Å². The summed E-state index contributed by atoms with van der Waals surface area (Å²) in [7, 11) is 0. The van der Waals surface area contributed by atoms with E-state index in [0.717, 1.165) is 18.4 Å². The van der Waals surface area contributed by atoms with Gasteiger partial charge in [-0.3, -0.25) is 14.4 Å². The summed E-state index contributed by atoms with van der Waals surface area (Å²) in [6, 6.07) is 2.05. The summed E-state index contributed by atoms with van der Waals surface area (Å²) in [6.07, 6.45) is 2.03. The van der Waals surface area contributed by atoms with Crippen molar-refractivity contribution >= 4 is 34.1 Å². The number of amides is 3. The predicted octanol–water partition coefficient (Wildman–Crippen LogP) is 2.05. The standard InChI is InChI=1S/C16H23N3O3S/c1-9-7-12(19-15(22)16(2,3)4)23-13(9)14(21)17-8-11(20)18-10-5-6-10/h7,10H,5-6,8H2,1-4H3,(H,17,21)(H,18,20)(H,19,22). The Labute approximate surface area is 140 Å². The Morgan fingerprint density at radius 1 is 1.26 bits per heavy atom. The Balaban J connectivity index is 1.92. The lowest BCUT2D eigenvalue weighted by Gasteiger charge is -2.16. The van der Waals surface area contributed by atoms with Crippen LogP contribution in [0.4, 0.5) is 5.00 Å². The maximum atomic E-state index is 12.2. The zero-order valence-corrected chi connectivity index (χ0v) is 14.7. The fourth-order valence-corrected chi connectivity index (χ4v) is 2.80. The maximum absolute atomic E-state index is 12.2. The summed E-state index contributed by atoms with van der Waals surface area (Å²) in [5.41, 5.74) is 0.278. The number of hydrogen-bond acceptors (Lipinski definition) is 4. The number of aryl methyl sites for hydroxylation is 1. The van der Waals surface area contributed by atoms with Crippen molar-refractivity contribution in [1.82, 2.24) is 10.6 Å². The van der Waals surface area contributed by atoms with E-state index in [0.29, 0.717) is 9.88 Å². The van der Waals surface area contributed by atoms with Crippen molar-refractivity contribution in [3.63, 3.8) is 0 Å². The lowest BCUT2D eigenvalue weighted by atomic mass is 9.96. The lowest BCUT2D eigenvalue weighted by Crippen LogP contribution is -2.37. The molecule has 23 heavy (non-hydrogen) atoms. The Hall–Kier alpha value is -1.89. The molecule has 1 fully saturated rings. The second-order valence-electron chi connectivity index (χ2n) is 6.85. The maximum Gasteiger partial charge on any atom is 0.262 e. The summed E-state index contributed by atoms with van der Waals surface area (Å²) >= 11 is 1.21. The van der Waals surface area contributed by atoms with Gasteiger partial charge in [0.15, 0.2) is 0 Å². The molecule has 1 aliphatic carbocycles. The van der Waals surface area contributed by atoms with Gasteiger partial charge in [0.2, 0.25) is 11.8 Å². The predicted molar refractivity (Wildman–Crippen MR) is 90.6 cm³/mol. The fraction of sp³-hybridized carbons (Fsp3) is 0.562. The van der Waals surface area contributed by atoms with Crippen LogP contribution in [0.1, 0.15) is 48.8 Å². The molecule has 7 heteroatoms. The van der Waals surface area contributed by atoms with E-state index in [1.807, 2.05) is 27.7 Å². The molecule has 0 saturated heterocycles. The van der Waals surface area contributed by atoms with Gasteiger partial charge in [0, 0.05) is 11.5 Å². The number of carbonyl (C=O) groups excluding carboxylic acids is 3. The molecule has 0 spiro atoms. The van der Waals surface area contributed by atoms with E-state index in [1.54, 1.807) is 6.07 Å². The van der Waals surface area contributed by atoms with Crippen LogP contribution in [-0.2, 0) is 9.59 Å². The first-order chi connectivity index (χ1) is 10.7. The number of thiophene rings is 1. The molecular formula is C16H23N3O3S. The molecule has 6 nitrogen and oxygen atoms in total. The molecule has 0 bridgehead atoms. The minimum Gasteiger partial charge on any atom is -0.352 e. The van der Waals surface area contributed by atoms with Crippen molar-refractivity contribution < 1.29 is 14.4 Å². The highest BCUT2D eigenvalue weighted by Crippen LogP contribution is 2.28. The highest BCUT2D eigenvalue weighted by molar-refractivity contribution is 7.18. The number of carbonyl (C=O) groups is 3. The van der Waals surface area contributed by atoms with Crippen LogP contribution in [0.5, 0.6) is 0 Å². The third-order valence-electron chi connectivity index (χ3n) is 3.39. The second kappa shape index (κ2) is 6.70. The Morgan fingerprint density at radius 2 is 1.91 bits per heavy atom. The van der Waals surface area contributed by atoms with Crippen molar-refractivity contribution in [3.8, 4) is 0 Å². The Morgan fingerprint density at radius 3 is 2.48 bits per heavy atom. The monoisotopic (exact) mass is 337 g/mol. The molecule has 0 aromatic carbocycles. The number of rotatable bonds is 5. The SMILES string of the molecule is Cc1cc(NC(=O)C(C)(C)C)sc1C(=O)NCC(=O)NC1CC1. The van der Waals surface area contributed by atoms with Gasteiger partial charge in [0.1, 0.15) is 0 Å². The van der Waals surface area contributed by atoms with Gasteiger partial charge < -0.3 is 16.0 Å². The summed E-state index contributed by atoms with van der Waals surface area (Å²) in [4.78, 5) is 36.3. The first-order valence-corrected chi connectivity index (χ1v) is 8.48. The molecule has 0 unspecified atom stereocenters. The third-order valence-corrected chi connectivity index (χ3v) is 4.55. The number of nitrogens with one attached hydrogen (secondary N) is 3. The molecule has 3 amide bonds. The van der Waals surface area contributed by atoms with E-state index >= 15 is 0 Å². The number of hydrogen-bond donors (Lipinski definition) is 3. The summed E-state index contributed by atoms with van der Waals surface area (Å²) in [5.74, 6) is -0.569. The van der Waals surface area contributed by atoms with E-state index in [1.165, 1.54) is 11.3 Å². The van der Waals surface area contributed by atoms with E-state index < -0.39 is 5.41 Å². The largest absolute Gasteiger partial charge is 0.352 e. The van der Waals surface area contributed by atoms with Gasteiger partial charge in [-0.1, -0.05) is 20.8 Å². The topological polar surface area (TPSA) is 87.3 Å². The van der Waals surface area contributed by atoms with Gasteiger partial charge in [-0.15, -0.1) is 11.3 Å². The average Bonchev–Trinajstić information content (AvgIpc) is 3.17. The minimum atomic E-state index is -0.499. The molecule has 3 N–H and O–H groups in total. The van der Waals surface area contributed by atoms with E-state index in [9.17, 15) is 14.4 Å². The molecule has 0 radical (unpaired) electrons.